The van der Waals surface area contributed by atoms with E-state index in [-0.39, 0.29) is 0 Å². The van der Waals surface area contributed by atoms with Crippen molar-refractivity contribution in [3.05, 3.63) is 0 Å². The van der Waals surface area contributed by atoms with E-state index in [0.717, 1.165) is 0 Å². The lowest BCUT2D eigenvalue weighted by Crippen LogP contribution is -2.02. The molecule has 16 heteroatoms. The summed E-state index contributed by atoms with van der Waals surface area (Å²) in [6.45, 7) is 0. The Hall–Kier alpha value is 0.600. The second-order valence-corrected chi connectivity index (χ2v) is 8.56. The molecule has 0 aromatic carbocycles. The zero-order valence-corrected chi connectivity index (χ0v) is 10.4. The molecule has 1 aliphatic heterocycles. The van der Waals surface area contributed by atoms with E-state index in [9.17, 15) is 18.3 Å². The van der Waals surface area contributed by atoms with Gasteiger partial charge in [0.2, 0.25) is 0 Å². The Labute approximate surface area is 87.2 Å². The number of hydrogen-bond acceptors (Lipinski definition) is 8. The van der Waals surface area contributed by atoms with Crippen LogP contribution in [-0.4, -0.2) is 19.6 Å². The Bertz CT molecular complexity index is 357. The highest BCUT2D eigenvalue weighted by Crippen LogP contribution is 2.78. The first-order chi connectivity index (χ1) is 6.83. The lowest BCUT2D eigenvalue weighted by Gasteiger charge is -2.23. The van der Waals surface area contributed by atoms with Crippen molar-refractivity contribution in [1.82, 2.24) is 0 Å². The van der Waals surface area contributed by atoms with Gasteiger partial charge < -0.3 is 19.6 Å². The molecule has 0 aliphatic carbocycles. The zero-order chi connectivity index (χ0) is 12.8. The molecule has 0 bridgehead atoms. The highest BCUT2D eigenvalue weighted by molar-refractivity contribution is 7.74. The van der Waals surface area contributed by atoms with Crippen molar-refractivity contribution in [2.75, 3.05) is 0 Å². The quantitative estimate of drug-likeness (QED) is 0.452. The number of rotatable bonds is 0. The van der Waals surface area contributed by atoms with E-state index in [4.69, 9.17) is 19.6 Å². The number of phosphoric acid groups is 4. The molecule has 1 fully saturated rings. The van der Waals surface area contributed by atoms with Gasteiger partial charge in [-0.25, -0.2) is 18.3 Å². The predicted octanol–water partition coefficient (Wildman–Crippen LogP) is 0.468. The SMILES string of the molecule is O=P1(O)OP(=O)(O)OP(=O)(O)OP(=O)(O)O1. The molecule has 96 valence electrons. The van der Waals surface area contributed by atoms with Crippen LogP contribution in [0.2, 0.25) is 0 Å². The van der Waals surface area contributed by atoms with Crippen LogP contribution in [0.3, 0.4) is 0 Å². The van der Waals surface area contributed by atoms with Crippen LogP contribution in [-0.2, 0) is 35.5 Å². The smallest absolute Gasteiger partial charge is 0.302 e. The van der Waals surface area contributed by atoms with Crippen molar-refractivity contribution in [3.8, 4) is 0 Å². The van der Waals surface area contributed by atoms with Crippen molar-refractivity contribution < 1.29 is 55.1 Å². The average Bonchev–Trinajstić information content (AvgIpc) is 1.67. The maximum Gasteiger partial charge on any atom is 0.490 e. The molecule has 1 aliphatic rings. The van der Waals surface area contributed by atoms with Crippen LogP contribution >= 0.6 is 31.3 Å². The zero-order valence-electron chi connectivity index (χ0n) is 6.84. The summed E-state index contributed by atoms with van der Waals surface area (Å²) in [4.78, 5) is 34.5. The third-order valence-corrected chi connectivity index (χ3v) is 7.43. The summed E-state index contributed by atoms with van der Waals surface area (Å²) in [7, 11) is -21.9. The van der Waals surface area contributed by atoms with E-state index >= 15 is 0 Å². The van der Waals surface area contributed by atoms with Crippen molar-refractivity contribution in [2.24, 2.45) is 0 Å². The van der Waals surface area contributed by atoms with Crippen molar-refractivity contribution in [1.29, 1.82) is 0 Å². The molecule has 1 saturated heterocycles. The van der Waals surface area contributed by atoms with Crippen LogP contribution < -0.4 is 0 Å². The van der Waals surface area contributed by atoms with Crippen LogP contribution in [0.5, 0.6) is 0 Å². The van der Waals surface area contributed by atoms with Crippen molar-refractivity contribution in [2.45, 2.75) is 0 Å². The summed E-state index contributed by atoms with van der Waals surface area (Å²) in [6.07, 6.45) is 0. The third kappa shape index (κ3) is 4.46. The summed E-state index contributed by atoms with van der Waals surface area (Å²) in [5.41, 5.74) is 0. The maximum atomic E-state index is 10.8. The molecular weight excluding hydrogens is 316 g/mol. The average molecular weight is 320 g/mol. The van der Waals surface area contributed by atoms with Gasteiger partial charge in [-0.15, -0.1) is 0 Å². The molecule has 0 aromatic rings. The lowest BCUT2D eigenvalue weighted by atomic mass is 15.6. The van der Waals surface area contributed by atoms with Gasteiger partial charge in [-0.1, -0.05) is 0 Å². The molecule has 1 heterocycles. The van der Waals surface area contributed by atoms with Gasteiger partial charge in [-0.05, 0) is 0 Å². The molecule has 4 N–H and O–H groups in total. The lowest BCUT2D eigenvalue weighted by molar-refractivity contribution is 0.165. The fraction of sp³-hybridized carbons (Fsp3) is 0. The standard InChI is InChI=1S/H4O12P4/c1-13(2)9-14(3,4)11-16(7,8)12-15(5,6)10-13/h(H,1,2)(H,3,4)(H,5,6)(H,7,8). The summed E-state index contributed by atoms with van der Waals surface area (Å²) >= 11 is 0. The van der Waals surface area contributed by atoms with E-state index in [1.165, 1.54) is 0 Å². The molecule has 0 atom stereocenters. The van der Waals surface area contributed by atoms with Gasteiger partial charge in [-0.2, -0.15) is 17.2 Å². The first-order valence-electron chi connectivity index (χ1n) is 2.99. The Kier molecular flexibility index (Phi) is 3.72. The third-order valence-electron chi connectivity index (χ3n) is 0.825. The van der Waals surface area contributed by atoms with E-state index in [1.54, 1.807) is 0 Å². The van der Waals surface area contributed by atoms with E-state index in [1.807, 2.05) is 0 Å². The van der Waals surface area contributed by atoms with E-state index in [2.05, 4.69) is 17.2 Å². The number of hydrogen-bond donors (Lipinski definition) is 4. The molecule has 0 saturated carbocycles. The minimum absolute atomic E-state index is 3.37. The topological polar surface area (TPSA) is 186 Å². The molecule has 16 heavy (non-hydrogen) atoms. The van der Waals surface area contributed by atoms with Gasteiger partial charge in [0.15, 0.2) is 0 Å². The van der Waals surface area contributed by atoms with Crippen LogP contribution in [0, 0.1) is 0 Å². The predicted molar refractivity (Wildman–Crippen MR) is 43.6 cm³/mol. The largest absolute Gasteiger partial charge is 0.490 e. The Morgan fingerprint density at radius 3 is 0.750 bits per heavy atom. The van der Waals surface area contributed by atoms with Gasteiger partial charge in [0, 0.05) is 0 Å². The van der Waals surface area contributed by atoms with Crippen LogP contribution in [0.1, 0.15) is 0 Å². The van der Waals surface area contributed by atoms with E-state index in [0.29, 0.717) is 0 Å². The fourth-order valence-electron chi connectivity index (χ4n) is 0.581. The normalized spacial score (nSPS) is 55.2. The summed E-state index contributed by atoms with van der Waals surface area (Å²) in [5.74, 6) is 0. The van der Waals surface area contributed by atoms with Crippen LogP contribution in [0.25, 0.3) is 0 Å². The molecule has 0 unspecified atom stereocenters. The molecule has 0 spiro atoms. The van der Waals surface area contributed by atoms with Crippen LogP contribution in [0.4, 0.5) is 0 Å². The Morgan fingerprint density at radius 1 is 0.500 bits per heavy atom. The van der Waals surface area contributed by atoms with Crippen molar-refractivity contribution in [3.63, 3.8) is 0 Å². The van der Waals surface area contributed by atoms with Gasteiger partial charge >= 0.3 is 31.3 Å². The molecule has 0 amide bonds. The first-order valence-corrected chi connectivity index (χ1v) is 8.97. The van der Waals surface area contributed by atoms with Gasteiger partial charge in [-0.3, -0.25) is 0 Å². The Morgan fingerprint density at radius 2 is 0.625 bits per heavy atom. The van der Waals surface area contributed by atoms with Crippen LogP contribution in [0.15, 0.2) is 0 Å². The summed E-state index contributed by atoms with van der Waals surface area (Å²) < 4.78 is 56.5. The molecular formula is H4O12P4. The van der Waals surface area contributed by atoms with Crippen molar-refractivity contribution >= 4 is 31.3 Å². The summed E-state index contributed by atoms with van der Waals surface area (Å²) in [5, 5.41) is 0. The molecule has 0 aromatic heterocycles. The summed E-state index contributed by atoms with van der Waals surface area (Å²) in [6, 6.07) is 0. The van der Waals surface area contributed by atoms with Gasteiger partial charge in [0.1, 0.15) is 0 Å². The van der Waals surface area contributed by atoms with E-state index < -0.39 is 31.3 Å². The molecule has 1 rings (SSSR count). The molecule has 12 nitrogen and oxygen atoms in total. The second-order valence-electron chi connectivity index (χ2n) is 2.20. The minimum atomic E-state index is -5.47. The van der Waals surface area contributed by atoms with Gasteiger partial charge in [0.05, 0.1) is 0 Å². The first kappa shape index (κ1) is 14.7. The van der Waals surface area contributed by atoms with Gasteiger partial charge in [0.25, 0.3) is 0 Å². The monoisotopic (exact) mass is 320 g/mol. The second kappa shape index (κ2) is 4.07. The maximum absolute atomic E-state index is 10.8. The fourth-order valence-corrected chi connectivity index (χ4v) is 6.30. The highest BCUT2D eigenvalue weighted by Gasteiger charge is 2.52. The molecule has 0 radical (unpaired) electrons. The highest BCUT2D eigenvalue weighted by atomic mass is 31.3. The minimum Gasteiger partial charge on any atom is -0.302 e. The Balaban J connectivity index is 3.18.